The van der Waals surface area contributed by atoms with Crippen molar-refractivity contribution in [1.29, 1.82) is 0 Å². The van der Waals surface area contributed by atoms with E-state index in [1.54, 1.807) is 0 Å². The largest absolute Gasteiger partial charge is 0.459 e. The molecule has 174 valence electrons. The zero-order valence-corrected chi connectivity index (χ0v) is 19.5. The van der Waals surface area contributed by atoms with Crippen LogP contribution in [0.4, 0.5) is 5.69 Å². The first-order chi connectivity index (χ1) is 15.2. The van der Waals surface area contributed by atoms with E-state index in [1.165, 1.54) is 11.1 Å². The summed E-state index contributed by atoms with van der Waals surface area (Å²) >= 11 is 0. The predicted molar refractivity (Wildman–Crippen MR) is 123 cm³/mol. The van der Waals surface area contributed by atoms with Gasteiger partial charge in [-0.2, -0.15) is 0 Å². The van der Waals surface area contributed by atoms with E-state index in [1.807, 2.05) is 20.8 Å². The number of hydrogen-bond donors (Lipinski definition) is 1. The van der Waals surface area contributed by atoms with E-state index in [-0.39, 0.29) is 23.8 Å². The number of likely N-dealkylation sites (tertiary alicyclic amines) is 1. The SMILES string of the molecule is CC(C)(C)OC(=O)CN1CCC(c2cccc3c2CCCN3[C@@H]2CCC(=O)NC2=O)CC1. The van der Waals surface area contributed by atoms with E-state index in [0.717, 1.165) is 51.0 Å². The average molecular weight is 442 g/mol. The smallest absolute Gasteiger partial charge is 0.320 e. The van der Waals surface area contributed by atoms with Crippen molar-refractivity contribution < 1.29 is 19.1 Å². The molecule has 1 aromatic rings. The van der Waals surface area contributed by atoms with E-state index in [2.05, 4.69) is 33.3 Å². The Morgan fingerprint density at radius 1 is 1.09 bits per heavy atom. The Hall–Kier alpha value is -2.41. The van der Waals surface area contributed by atoms with Crippen LogP contribution in [0.1, 0.15) is 69.9 Å². The van der Waals surface area contributed by atoms with Crippen molar-refractivity contribution in [2.24, 2.45) is 0 Å². The maximum atomic E-state index is 12.5. The zero-order chi connectivity index (χ0) is 22.9. The predicted octanol–water partition coefficient (Wildman–Crippen LogP) is 2.77. The number of nitrogens with zero attached hydrogens (tertiary/aromatic N) is 2. The standard InChI is InChI=1S/C25H35N3O4/c1-25(2,3)32-23(30)16-27-14-11-17(12-15-27)18-6-4-8-20-19(18)7-5-13-28(20)21-9-10-22(29)26-24(21)31/h4,6,8,17,21H,5,7,9-16H2,1-3H3,(H,26,29,31)/t21-/m1/s1. The molecule has 32 heavy (non-hydrogen) atoms. The van der Waals surface area contributed by atoms with Crippen molar-refractivity contribution >= 4 is 23.5 Å². The average Bonchev–Trinajstić information content (AvgIpc) is 2.72. The van der Waals surface area contributed by atoms with Gasteiger partial charge in [-0.3, -0.25) is 24.6 Å². The highest BCUT2D eigenvalue weighted by atomic mass is 16.6. The van der Waals surface area contributed by atoms with Gasteiger partial charge in [0.15, 0.2) is 0 Å². The summed E-state index contributed by atoms with van der Waals surface area (Å²) in [4.78, 5) is 40.7. The highest BCUT2D eigenvalue weighted by Gasteiger charge is 2.35. The minimum Gasteiger partial charge on any atom is -0.459 e. The van der Waals surface area contributed by atoms with E-state index in [4.69, 9.17) is 4.74 Å². The number of ether oxygens (including phenoxy) is 1. The molecule has 0 spiro atoms. The second kappa shape index (κ2) is 9.22. The lowest BCUT2D eigenvalue weighted by atomic mass is 9.83. The van der Waals surface area contributed by atoms with Crippen LogP contribution < -0.4 is 10.2 Å². The number of imide groups is 1. The number of amides is 2. The van der Waals surface area contributed by atoms with Crippen LogP contribution in [0.25, 0.3) is 0 Å². The molecule has 0 saturated carbocycles. The van der Waals surface area contributed by atoms with Gasteiger partial charge in [0.25, 0.3) is 0 Å². The fourth-order valence-corrected chi connectivity index (χ4v) is 5.32. The number of anilines is 1. The number of fused-ring (bicyclic) bond motifs is 1. The van der Waals surface area contributed by atoms with Crippen molar-refractivity contribution in [3.8, 4) is 0 Å². The van der Waals surface area contributed by atoms with Crippen LogP contribution >= 0.6 is 0 Å². The molecule has 3 aliphatic heterocycles. The first kappa shape index (κ1) is 22.8. The Balaban J connectivity index is 1.43. The number of esters is 1. The third kappa shape index (κ3) is 5.14. The summed E-state index contributed by atoms with van der Waals surface area (Å²) in [5.41, 5.74) is 3.44. The van der Waals surface area contributed by atoms with Gasteiger partial charge in [0, 0.05) is 18.7 Å². The van der Waals surface area contributed by atoms with Crippen LogP contribution in [0.15, 0.2) is 18.2 Å². The molecule has 2 saturated heterocycles. The Morgan fingerprint density at radius 2 is 1.84 bits per heavy atom. The lowest BCUT2D eigenvalue weighted by Gasteiger charge is -2.40. The molecule has 4 rings (SSSR count). The van der Waals surface area contributed by atoms with Crippen LogP contribution in [-0.4, -0.2) is 60.5 Å². The van der Waals surface area contributed by atoms with Crippen LogP contribution in [0.5, 0.6) is 0 Å². The van der Waals surface area contributed by atoms with E-state index in [9.17, 15) is 14.4 Å². The third-order valence-electron chi connectivity index (χ3n) is 6.71. The van der Waals surface area contributed by atoms with Crippen LogP contribution in [0.2, 0.25) is 0 Å². The maximum Gasteiger partial charge on any atom is 0.320 e. The minimum atomic E-state index is -0.451. The Morgan fingerprint density at radius 3 is 2.53 bits per heavy atom. The zero-order valence-electron chi connectivity index (χ0n) is 19.5. The van der Waals surface area contributed by atoms with Crippen LogP contribution in [-0.2, 0) is 25.5 Å². The Bertz CT molecular complexity index is 884. The topological polar surface area (TPSA) is 79.0 Å². The second-order valence-electron chi connectivity index (χ2n) is 10.2. The summed E-state index contributed by atoms with van der Waals surface area (Å²) in [6.45, 7) is 8.64. The molecular weight excluding hydrogens is 406 g/mol. The van der Waals surface area contributed by atoms with Crippen molar-refractivity contribution in [2.45, 2.75) is 76.9 Å². The molecule has 7 heteroatoms. The summed E-state index contributed by atoms with van der Waals surface area (Å²) in [5.74, 6) is -0.0419. The minimum absolute atomic E-state index is 0.159. The van der Waals surface area contributed by atoms with Gasteiger partial charge >= 0.3 is 5.97 Å². The summed E-state index contributed by atoms with van der Waals surface area (Å²) in [7, 11) is 0. The molecule has 0 aromatic heterocycles. The van der Waals surface area contributed by atoms with E-state index >= 15 is 0 Å². The lowest BCUT2D eigenvalue weighted by Crippen LogP contribution is -2.54. The van der Waals surface area contributed by atoms with Gasteiger partial charge in [-0.25, -0.2) is 0 Å². The Labute approximate surface area is 190 Å². The summed E-state index contributed by atoms with van der Waals surface area (Å²) in [6, 6.07) is 6.20. The molecule has 1 N–H and O–H groups in total. The third-order valence-corrected chi connectivity index (χ3v) is 6.71. The molecule has 0 unspecified atom stereocenters. The van der Waals surface area contributed by atoms with Gasteiger partial charge in [0.05, 0.1) is 6.54 Å². The molecule has 0 aliphatic carbocycles. The first-order valence-corrected chi connectivity index (χ1v) is 11.9. The van der Waals surface area contributed by atoms with Gasteiger partial charge in [0.1, 0.15) is 11.6 Å². The van der Waals surface area contributed by atoms with Gasteiger partial charge in [0.2, 0.25) is 11.8 Å². The summed E-state index contributed by atoms with van der Waals surface area (Å²) in [6.07, 6.45) is 5.04. The fraction of sp³-hybridized carbons (Fsp3) is 0.640. The number of piperidine rings is 2. The second-order valence-corrected chi connectivity index (χ2v) is 10.2. The molecule has 1 aromatic carbocycles. The quantitative estimate of drug-likeness (QED) is 0.572. The van der Waals surface area contributed by atoms with E-state index in [0.29, 0.717) is 25.3 Å². The highest BCUT2D eigenvalue weighted by molar-refractivity contribution is 6.01. The van der Waals surface area contributed by atoms with Gasteiger partial charge in [-0.05, 0) is 89.1 Å². The summed E-state index contributed by atoms with van der Waals surface area (Å²) < 4.78 is 5.47. The molecule has 0 radical (unpaired) electrons. The number of carbonyl (C=O) groups excluding carboxylic acids is 3. The molecule has 1 atom stereocenters. The van der Waals surface area contributed by atoms with Gasteiger partial charge < -0.3 is 9.64 Å². The summed E-state index contributed by atoms with van der Waals surface area (Å²) in [5, 5.41) is 2.51. The van der Waals surface area contributed by atoms with Crippen molar-refractivity contribution in [1.82, 2.24) is 10.2 Å². The number of hydrogen-bond acceptors (Lipinski definition) is 6. The lowest BCUT2D eigenvalue weighted by molar-refractivity contribution is -0.156. The van der Waals surface area contributed by atoms with Crippen molar-refractivity contribution in [3.05, 3.63) is 29.3 Å². The highest BCUT2D eigenvalue weighted by Crippen LogP contribution is 2.39. The van der Waals surface area contributed by atoms with Crippen LogP contribution in [0.3, 0.4) is 0 Å². The van der Waals surface area contributed by atoms with Crippen molar-refractivity contribution in [2.75, 3.05) is 31.1 Å². The molecule has 3 heterocycles. The van der Waals surface area contributed by atoms with Gasteiger partial charge in [-0.15, -0.1) is 0 Å². The van der Waals surface area contributed by atoms with Gasteiger partial charge in [-0.1, -0.05) is 12.1 Å². The molecule has 2 fully saturated rings. The maximum absolute atomic E-state index is 12.5. The fourth-order valence-electron chi connectivity index (χ4n) is 5.32. The number of nitrogens with one attached hydrogen (secondary N) is 1. The first-order valence-electron chi connectivity index (χ1n) is 11.9. The number of benzene rings is 1. The molecular formula is C25H35N3O4. The number of carbonyl (C=O) groups is 3. The number of rotatable bonds is 4. The normalized spacial score (nSPS) is 23.0. The van der Waals surface area contributed by atoms with E-state index < -0.39 is 5.60 Å². The van der Waals surface area contributed by atoms with Crippen molar-refractivity contribution in [3.63, 3.8) is 0 Å². The van der Waals surface area contributed by atoms with Crippen LogP contribution in [0, 0.1) is 0 Å². The molecule has 0 bridgehead atoms. The Kier molecular flexibility index (Phi) is 6.56. The monoisotopic (exact) mass is 441 g/mol. The molecule has 2 amide bonds. The molecule has 3 aliphatic rings. The molecule has 7 nitrogen and oxygen atoms in total.